The second-order valence-electron chi connectivity index (χ2n) is 11.1. The number of halogens is 3. The Labute approximate surface area is 265 Å². The third kappa shape index (κ3) is 6.37. The smallest absolute Gasteiger partial charge is 0.418 e. The molecule has 2 aliphatic carbocycles. The van der Waals surface area contributed by atoms with Gasteiger partial charge in [-0.05, 0) is 37.0 Å². The van der Waals surface area contributed by atoms with Crippen LogP contribution in [-0.2, 0) is 35.4 Å². The van der Waals surface area contributed by atoms with Crippen LogP contribution in [0.3, 0.4) is 0 Å². The molecule has 47 heavy (non-hydrogen) atoms. The van der Waals surface area contributed by atoms with E-state index in [1.807, 2.05) is 0 Å². The summed E-state index contributed by atoms with van der Waals surface area (Å²) in [5, 5.41) is 1.74. The number of hydrazine groups is 1. The van der Waals surface area contributed by atoms with Crippen LogP contribution in [0.4, 0.5) is 13.2 Å². The second-order valence-corrected chi connectivity index (χ2v) is 11.1. The molecule has 3 aliphatic rings. The highest BCUT2D eigenvalue weighted by molar-refractivity contribution is 6.17. The quantitative estimate of drug-likeness (QED) is 0.314. The van der Waals surface area contributed by atoms with Crippen molar-refractivity contribution in [3.05, 3.63) is 95.0 Å². The molecule has 2 bridgehead atoms. The highest BCUT2D eigenvalue weighted by Crippen LogP contribution is 2.40. The third-order valence-electron chi connectivity index (χ3n) is 8.02. The SMILES string of the molecule is NC1Cc2cn(c3ccccc23)N(NC2=C(OC(=O)C(F)(F)F)C=CC3C(=O)c4ccccc4C(=O)C23)OCCCCCOOC1=O. The first-order valence-electron chi connectivity index (χ1n) is 14.8. The van der Waals surface area contributed by atoms with Crippen molar-refractivity contribution in [1.29, 1.82) is 0 Å². The summed E-state index contributed by atoms with van der Waals surface area (Å²) in [5.74, 6) is -7.41. The molecule has 3 unspecified atom stereocenters. The molecule has 6 rings (SSSR count). The summed E-state index contributed by atoms with van der Waals surface area (Å²) in [4.78, 5) is 68.0. The topological polar surface area (TPSA) is 151 Å². The number of hydrogen-bond donors (Lipinski definition) is 2. The van der Waals surface area contributed by atoms with Gasteiger partial charge in [0.1, 0.15) is 6.04 Å². The van der Waals surface area contributed by atoms with Crippen LogP contribution in [0.1, 0.15) is 45.5 Å². The van der Waals surface area contributed by atoms with E-state index in [1.165, 1.54) is 22.9 Å². The van der Waals surface area contributed by atoms with Crippen molar-refractivity contribution in [2.24, 2.45) is 17.6 Å². The fourth-order valence-corrected chi connectivity index (χ4v) is 5.76. The first-order valence-corrected chi connectivity index (χ1v) is 14.8. The number of hydrogen-bond acceptors (Lipinski definition) is 11. The number of aromatic nitrogens is 1. The number of rotatable bonds is 3. The molecule has 1 aliphatic heterocycles. The lowest BCUT2D eigenvalue weighted by molar-refractivity contribution is -0.273. The van der Waals surface area contributed by atoms with Crippen molar-refractivity contribution in [1.82, 2.24) is 10.1 Å². The van der Waals surface area contributed by atoms with Crippen molar-refractivity contribution >= 4 is 34.4 Å². The summed E-state index contributed by atoms with van der Waals surface area (Å²) in [5.41, 5.74) is 10.1. The van der Waals surface area contributed by atoms with Crippen molar-refractivity contribution in [3.8, 4) is 0 Å². The molecule has 0 spiro atoms. The molecule has 12 nitrogen and oxygen atoms in total. The zero-order valence-electron chi connectivity index (χ0n) is 24.7. The van der Waals surface area contributed by atoms with E-state index >= 15 is 0 Å². The summed E-state index contributed by atoms with van der Waals surface area (Å²) in [6.45, 7) is 0.185. The summed E-state index contributed by atoms with van der Waals surface area (Å²) in [6, 6.07) is 12.0. The fraction of sp³-hybridized carbons (Fsp3) is 0.312. The highest BCUT2D eigenvalue weighted by atomic mass is 19.4. The monoisotopic (exact) mass is 654 g/mol. The predicted octanol–water partition coefficient (Wildman–Crippen LogP) is 3.74. The standard InChI is InChI=1S/C32H29F3N4O8/c33-32(34,35)31(43)46-25-13-12-22-26(29(41)21-10-3-2-9-20(21)28(22)40)27(25)37-39-38-17-18(19-8-4-5-11-24(19)38)16-23(36)30(42)47-45-15-7-1-6-14-44-39/h2-5,8-13,17,22-23,26,37H,1,6-7,14-16,36H2. The van der Waals surface area contributed by atoms with Gasteiger partial charge >= 0.3 is 18.1 Å². The van der Waals surface area contributed by atoms with Gasteiger partial charge in [0.25, 0.3) is 0 Å². The maximum atomic E-state index is 13.9. The van der Waals surface area contributed by atoms with Crippen molar-refractivity contribution in [3.63, 3.8) is 0 Å². The molecule has 2 aromatic carbocycles. The van der Waals surface area contributed by atoms with Gasteiger partial charge in [0.15, 0.2) is 17.3 Å². The molecule has 0 saturated carbocycles. The zero-order valence-corrected chi connectivity index (χ0v) is 24.7. The summed E-state index contributed by atoms with van der Waals surface area (Å²) >= 11 is 0. The first kappa shape index (κ1) is 32.0. The van der Waals surface area contributed by atoms with E-state index in [4.69, 9.17) is 25.1 Å². The van der Waals surface area contributed by atoms with Gasteiger partial charge in [0.05, 0.1) is 36.3 Å². The average Bonchev–Trinajstić information content (AvgIpc) is 3.41. The fourth-order valence-electron chi connectivity index (χ4n) is 5.76. The van der Waals surface area contributed by atoms with Crippen LogP contribution in [0.2, 0.25) is 0 Å². The summed E-state index contributed by atoms with van der Waals surface area (Å²) in [7, 11) is 0. The number of nitrogens with two attached hydrogens (primary N) is 1. The van der Waals surface area contributed by atoms with Gasteiger partial charge in [0, 0.05) is 29.1 Å². The van der Waals surface area contributed by atoms with Gasteiger partial charge in [-0.15, -0.1) is 0 Å². The number of benzene rings is 2. The van der Waals surface area contributed by atoms with E-state index in [9.17, 15) is 32.3 Å². The molecule has 0 amide bonds. The number of allylic oxidation sites excluding steroid dienone is 3. The zero-order chi connectivity index (χ0) is 33.3. The largest absolute Gasteiger partial charge is 0.491 e. The van der Waals surface area contributed by atoms with Gasteiger partial charge in [-0.3, -0.25) is 19.9 Å². The molecule has 3 N–H and O–H groups in total. The maximum Gasteiger partial charge on any atom is 0.491 e. The van der Waals surface area contributed by atoms with Crippen LogP contribution in [0.25, 0.3) is 10.9 Å². The van der Waals surface area contributed by atoms with E-state index in [0.717, 1.165) is 11.4 Å². The van der Waals surface area contributed by atoms with Crippen LogP contribution in [-0.4, -0.2) is 53.6 Å². The Hall–Kier alpha value is -4.99. The Morgan fingerprint density at radius 2 is 1.66 bits per heavy atom. The number of Topliss-reactive ketones (excluding diaryl/α,β-unsaturated/α-hetero) is 2. The number of nitrogens with one attached hydrogen (secondary N) is 1. The Balaban J connectivity index is 1.46. The van der Waals surface area contributed by atoms with Crippen LogP contribution >= 0.6 is 0 Å². The van der Waals surface area contributed by atoms with Gasteiger partial charge in [-0.1, -0.05) is 53.8 Å². The molecule has 1 aromatic heterocycles. The van der Waals surface area contributed by atoms with Gasteiger partial charge in [-0.25, -0.2) is 19.1 Å². The lowest BCUT2D eigenvalue weighted by Crippen LogP contribution is -2.51. The molecule has 3 aromatic rings. The average molecular weight is 655 g/mol. The van der Waals surface area contributed by atoms with Crippen LogP contribution < -0.4 is 16.4 Å². The number of nitrogens with zero attached hydrogens (tertiary/aromatic N) is 2. The molecule has 2 heterocycles. The minimum atomic E-state index is -5.35. The molecule has 3 atom stereocenters. The lowest BCUT2D eigenvalue weighted by Gasteiger charge is -2.36. The number of fused-ring (bicyclic) bond motifs is 7. The molecule has 0 radical (unpaired) electrons. The lowest BCUT2D eigenvalue weighted by atomic mass is 9.70. The van der Waals surface area contributed by atoms with E-state index in [0.29, 0.717) is 35.7 Å². The highest BCUT2D eigenvalue weighted by Gasteiger charge is 2.48. The number of esters is 1. The minimum absolute atomic E-state index is 0.0118. The number of carbonyl (C=O) groups excluding carboxylic acids is 4. The van der Waals surface area contributed by atoms with E-state index in [-0.39, 0.29) is 36.5 Å². The number of ketones is 2. The van der Waals surface area contributed by atoms with Crippen molar-refractivity contribution in [2.75, 3.05) is 18.5 Å². The van der Waals surface area contributed by atoms with Crippen LogP contribution in [0.15, 0.2) is 78.3 Å². The first-order chi connectivity index (χ1) is 22.5. The summed E-state index contributed by atoms with van der Waals surface area (Å²) < 4.78 is 46.4. The van der Waals surface area contributed by atoms with Crippen LogP contribution in [0, 0.1) is 11.8 Å². The molecule has 0 fully saturated rings. The van der Waals surface area contributed by atoms with Gasteiger partial charge < -0.3 is 10.5 Å². The molecular formula is C32H29F3N4O8. The van der Waals surface area contributed by atoms with E-state index in [2.05, 4.69) is 5.43 Å². The Kier molecular flexibility index (Phi) is 8.86. The predicted molar refractivity (Wildman–Crippen MR) is 157 cm³/mol. The Bertz CT molecular complexity index is 1800. The number of alkyl halides is 3. The second kappa shape index (κ2) is 13.0. The van der Waals surface area contributed by atoms with E-state index in [1.54, 1.807) is 42.6 Å². The van der Waals surface area contributed by atoms with Crippen molar-refractivity contribution in [2.45, 2.75) is 37.9 Å². The van der Waals surface area contributed by atoms with Gasteiger partial charge in [-0.2, -0.15) is 18.1 Å². The molecule has 246 valence electrons. The van der Waals surface area contributed by atoms with Crippen LogP contribution in [0.5, 0.6) is 0 Å². The molecular weight excluding hydrogens is 625 g/mol. The van der Waals surface area contributed by atoms with Crippen molar-refractivity contribution < 1.29 is 51.7 Å². The number of ether oxygens (including phenoxy) is 1. The molecule has 15 heteroatoms. The Morgan fingerprint density at radius 3 is 2.43 bits per heavy atom. The number of para-hydroxylation sites is 1. The summed E-state index contributed by atoms with van der Waals surface area (Å²) in [6.07, 6.45) is 0.104. The normalized spacial score (nSPS) is 22.6. The van der Waals surface area contributed by atoms with E-state index < -0.39 is 53.3 Å². The maximum absolute atomic E-state index is 13.9. The minimum Gasteiger partial charge on any atom is -0.418 e. The third-order valence-corrected chi connectivity index (χ3v) is 8.02. The Morgan fingerprint density at radius 1 is 0.957 bits per heavy atom. The number of carbonyl (C=O) groups is 4. The molecule has 0 saturated heterocycles. The van der Waals surface area contributed by atoms with Gasteiger partial charge in [0.2, 0.25) is 0 Å².